The molecule has 0 bridgehead atoms. The van der Waals surface area contributed by atoms with Crippen molar-refractivity contribution in [3.8, 4) is 0 Å². The number of halogens is 1. The molecule has 0 radical (unpaired) electrons. The van der Waals surface area contributed by atoms with Gasteiger partial charge in [-0.05, 0) is 61.9 Å². The van der Waals surface area contributed by atoms with Crippen LogP contribution in [0.25, 0.3) is 10.9 Å². The molecular weight excluding hydrogens is 398 g/mol. The number of aryl methyl sites for hydroxylation is 1. The number of hydrogen-bond donors (Lipinski definition) is 2. The van der Waals surface area contributed by atoms with Crippen LogP contribution in [0.5, 0.6) is 0 Å². The number of nitrogens with one attached hydrogen (secondary N) is 2. The highest BCUT2D eigenvalue weighted by Gasteiger charge is 2.22. The third kappa shape index (κ3) is 4.55. The van der Waals surface area contributed by atoms with Gasteiger partial charge in [-0.2, -0.15) is 4.72 Å². The summed E-state index contributed by atoms with van der Waals surface area (Å²) in [5, 5.41) is 4.21. The van der Waals surface area contributed by atoms with E-state index in [4.69, 9.17) is 11.6 Å². The molecular formula is C20H22ClN3O3S. The number of sulfonamides is 1. The third-order valence-corrected chi connectivity index (χ3v) is 6.16. The first-order chi connectivity index (χ1) is 13.3. The maximum absolute atomic E-state index is 12.5. The van der Waals surface area contributed by atoms with Crippen molar-refractivity contribution in [2.45, 2.75) is 37.8 Å². The Kier molecular flexibility index (Phi) is 6.07. The summed E-state index contributed by atoms with van der Waals surface area (Å²) in [6, 6.07) is 12.4. The first kappa shape index (κ1) is 20.4. The maximum atomic E-state index is 12.5. The topological polar surface area (TPSA) is 80.2 Å². The summed E-state index contributed by atoms with van der Waals surface area (Å²) in [6.45, 7) is 4.55. The lowest BCUT2D eigenvalue weighted by molar-refractivity contribution is -0.117. The highest BCUT2D eigenvalue weighted by molar-refractivity contribution is 7.89. The lowest BCUT2D eigenvalue weighted by atomic mass is 10.2. The average Bonchev–Trinajstić information content (AvgIpc) is 3.04. The minimum Gasteiger partial charge on any atom is -0.347 e. The fourth-order valence-electron chi connectivity index (χ4n) is 2.93. The van der Waals surface area contributed by atoms with Crippen molar-refractivity contribution in [1.82, 2.24) is 9.29 Å². The molecule has 0 saturated carbocycles. The van der Waals surface area contributed by atoms with E-state index in [-0.39, 0.29) is 4.90 Å². The van der Waals surface area contributed by atoms with Crippen molar-refractivity contribution < 1.29 is 13.2 Å². The lowest BCUT2D eigenvalue weighted by Gasteiger charge is -2.15. The van der Waals surface area contributed by atoms with Gasteiger partial charge < -0.3 is 9.88 Å². The second-order valence-corrected chi connectivity index (χ2v) is 8.72. The molecule has 0 fully saturated rings. The standard InChI is InChI=1S/C20H22ClN3O3S/c1-3-11-24-12-10-15-13-17(6-9-19(15)24)22-20(25)14(2)23-28(26,27)18-7-4-16(21)5-8-18/h4-10,12-14,23H,3,11H2,1-2H3,(H,22,25)/t14-/m0/s1. The normalized spacial score (nSPS) is 12.8. The van der Waals surface area contributed by atoms with Crippen LogP contribution in [0.3, 0.4) is 0 Å². The van der Waals surface area contributed by atoms with Gasteiger partial charge in [0.2, 0.25) is 15.9 Å². The summed E-state index contributed by atoms with van der Waals surface area (Å²) in [7, 11) is -3.82. The second-order valence-electron chi connectivity index (χ2n) is 6.57. The number of hydrogen-bond acceptors (Lipinski definition) is 3. The fraction of sp³-hybridized carbons (Fsp3) is 0.250. The highest BCUT2D eigenvalue weighted by Crippen LogP contribution is 2.21. The minimum atomic E-state index is -3.82. The van der Waals surface area contributed by atoms with Crippen LogP contribution in [-0.4, -0.2) is 24.9 Å². The van der Waals surface area contributed by atoms with E-state index in [1.165, 1.54) is 31.2 Å². The predicted octanol–water partition coefficient (Wildman–Crippen LogP) is 4.01. The van der Waals surface area contributed by atoms with E-state index < -0.39 is 22.0 Å². The predicted molar refractivity (Wildman–Crippen MR) is 112 cm³/mol. The molecule has 1 atom stereocenters. The van der Waals surface area contributed by atoms with Crippen LogP contribution in [0, 0.1) is 0 Å². The minimum absolute atomic E-state index is 0.0511. The van der Waals surface area contributed by atoms with Gasteiger partial charge in [-0.1, -0.05) is 18.5 Å². The van der Waals surface area contributed by atoms with E-state index in [2.05, 4.69) is 21.5 Å². The monoisotopic (exact) mass is 419 g/mol. The van der Waals surface area contributed by atoms with Crippen molar-refractivity contribution in [1.29, 1.82) is 0 Å². The third-order valence-electron chi connectivity index (χ3n) is 4.35. The molecule has 0 aliphatic heterocycles. The number of anilines is 1. The number of aromatic nitrogens is 1. The summed E-state index contributed by atoms with van der Waals surface area (Å²) in [5.41, 5.74) is 1.71. The second kappa shape index (κ2) is 8.34. The number of carbonyl (C=O) groups is 1. The quantitative estimate of drug-likeness (QED) is 0.607. The van der Waals surface area contributed by atoms with E-state index in [9.17, 15) is 13.2 Å². The van der Waals surface area contributed by atoms with Crippen LogP contribution in [0.1, 0.15) is 20.3 Å². The molecule has 3 rings (SSSR count). The molecule has 6 nitrogen and oxygen atoms in total. The maximum Gasteiger partial charge on any atom is 0.242 e. The molecule has 0 saturated heterocycles. The summed E-state index contributed by atoms with van der Waals surface area (Å²) in [4.78, 5) is 12.5. The molecule has 0 aliphatic carbocycles. The Morgan fingerprint density at radius 1 is 1.14 bits per heavy atom. The average molecular weight is 420 g/mol. The van der Waals surface area contributed by atoms with Crippen molar-refractivity contribution >= 4 is 44.1 Å². The number of carbonyl (C=O) groups excluding carboxylic acids is 1. The Labute approximate surface area is 169 Å². The molecule has 28 heavy (non-hydrogen) atoms. The van der Waals surface area contributed by atoms with Gasteiger partial charge >= 0.3 is 0 Å². The molecule has 2 aromatic carbocycles. The molecule has 8 heteroatoms. The van der Waals surface area contributed by atoms with Crippen LogP contribution in [0.2, 0.25) is 5.02 Å². The SMILES string of the molecule is CCCn1ccc2cc(NC(=O)[C@H](C)NS(=O)(=O)c3ccc(Cl)cc3)ccc21. The largest absolute Gasteiger partial charge is 0.347 e. The van der Waals surface area contributed by atoms with Crippen LogP contribution in [-0.2, 0) is 21.4 Å². The van der Waals surface area contributed by atoms with Gasteiger partial charge in [0.05, 0.1) is 10.9 Å². The van der Waals surface area contributed by atoms with Gasteiger partial charge in [0.15, 0.2) is 0 Å². The van der Waals surface area contributed by atoms with Crippen molar-refractivity contribution in [2.75, 3.05) is 5.32 Å². The summed E-state index contributed by atoms with van der Waals surface area (Å²) < 4.78 is 29.4. The zero-order valence-electron chi connectivity index (χ0n) is 15.6. The molecule has 1 aromatic heterocycles. The molecule has 0 spiro atoms. The van der Waals surface area contributed by atoms with Crippen molar-refractivity contribution in [3.63, 3.8) is 0 Å². The van der Waals surface area contributed by atoms with E-state index in [0.717, 1.165) is 23.9 Å². The van der Waals surface area contributed by atoms with Gasteiger partial charge in [-0.25, -0.2) is 8.42 Å². The van der Waals surface area contributed by atoms with Crippen LogP contribution >= 0.6 is 11.6 Å². The molecule has 148 valence electrons. The summed E-state index contributed by atoms with van der Waals surface area (Å²) in [6.07, 6.45) is 3.05. The smallest absolute Gasteiger partial charge is 0.242 e. The Bertz CT molecular complexity index is 1090. The van der Waals surface area contributed by atoms with Gasteiger partial charge in [0.25, 0.3) is 0 Å². The number of amides is 1. The summed E-state index contributed by atoms with van der Waals surface area (Å²) in [5.74, 6) is -0.440. The fourth-order valence-corrected chi connectivity index (χ4v) is 4.26. The Morgan fingerprint density at radius 2 is 1.86 bits per heavy atom. The lowest BCUT2D eigenvalue weighted by Crippen LogP contribution is -2.41. The number of benzene rings is 2. The number of rotatable bonds is 7. The van der Waals surface area contributed by atoms with Gasteiger partial charge in [0.1, 0.15) is 0 Å². The molecule has 0 aliphatic rings. The summed E-state index contributed by atoms with van der Waals surface area (Å²) >= 11 is 5.79. The molecule has 3 aromatic rings. The van der Waals surface area contributed by atoms with E-state index in [1.807, 2.05) is 30.5 Å². The molecule has 0 unspecified atom stereocenters. The molecule has 1 amide bonds. The number of nitrogens with zero attached hydrogens (tertiary/aromatic N) is 1. The Balaban J connectivity index is 1.70. The van der Waals surface area contributed by atoms with Crippen LogP contribution in [0.15, 0.2) is 59.6 Å². The van der Waals surface area contributed by atoms with Gasteiger partial charge in [0, 0.05) is 34.4 Å². The zero-order chi connectivity index (χ0) is 20.3. The zero-order valence-corrected chi connectivity index (χ0v) is 17.2. The van der Waals surface area contributed by atoms with Crippen LogP contribution < -0.4 is 10.0 Å². The first-order valence-corrected chi connectivity index (χ1v) is 10.8. The van der Waals surface area contributed by atoms with E-state index in [0.29, 0.717) is 10.7 Å². The molecule has 1 heterocycles. The van der Waals surface area contributed by atoms with Crippen molar-refractivity contribution in [3.05, 3.63) is 59.8 Å². The Morgan fingerprint density at radius 3 is 2.54 bits per heavy atom. The van der Waals surface area contributed by atoms with Crippen LogP contribution in [0.4, 0.5) is 5.69 Å². The van der Waals surface area contributed by atoms with E-state index >= 15 is 0 Å². The van der Waals surface area contributed by atoms with Gasteiger partial charge in [-0.3, -0.25) is 4.79 Å². The highest BCUT2D eigenvalue weighted by atomic mass is 35.5. The first-order valence-electron chi connectivity index (χ1n) is 8.98. The van der Waals surface area contributed by atoms with Crippen molar-refractivity contribution in [2.24, 2.45) is 0 Å². The molecule has 2 N–H and O–H groups in total. The van der Waals surface area contributed by atoms with Gasteiger partial charge in [-0.15, -0.1) is 0 Å². The number of fused-ring (bicyclic) bond motifs is 1. The Hall–Kier alpha value is -2.35. The van der Waals surface area contributed by atoms with E-state index in [1.54, 1.807) is 0 Å².